The molecule has 0 aliphatic heterocycles. The molecular formula is C28H26ClN3O2S. The van der Waals surface area contributed by atoms with Gasteiger partial charge in [0, 0.05) is 26.9 Å². The lowest BCUT2D eigenvalue weighted by Crippen LogP contribution is -2.14. The number of rotatable bonds is 10. The quantitative estimate of drug-likeness (QED) is 0.238. The maximum atomic E-state index is 12.7. The molecule has 4 aromatic rings. The number of thioether (sulfide) groups is 1. The van der Waals surface area contributed by atoms with Gasteiger partial charge in [-0.1, -0.05) is 66.2 Å². The summed E-state index contributed by atoms with van der Waals surface area (Å²) in [5.74, 6) is 1.49. The molecule has 1 aliphatic carbocycles. The maximum Gasteiger partial charge on any atom is 0.228 e. The van der Waals surface area contributed by atoms with Crippen LogP contribution in [0.4, 0.5) is 5.69 Å². The van der Waals surface area contributed by atoms with Gasteiger partial charge in [0.15, 0.2) is 5.75 Å². The normalized spacial score (nSPS) is 12.9. The van der Waals surface area contributed by atoms with Gasteiger partial charge in [-0.2, -0.15) is 5.10 Å². The van der Waals surface area contributed by atoms with Crippen LogP contribution in [0.3, 0.4) is 0 Å². The minimum absolute atomic E-state index is 0.103. The zero-order chi connectivity index (χ0) is 24.0. The molecule has 1 aromatic heterocycles. The highest BCUT2D eigenvalue weighted by atomic mass is 35.5. The van der Waals surface area contributed by atoms with Crippen LogP contribution in [-0.2, 0) is 23.6 Å². The molecule has 3 aromatic carbocycles. The van der Waals surface area contributed by atoms with Crippen molar-refractivity contribution < 1.29 is 9.53 Å². The van der Waals surface area contributed by atoms with Gasteiger partial charge in [-0.25, -0.2) is 0 Å². The molecule has 0 unspecified atom stereocenters. The standard InChI is InChI=1S/C28H26ClN3O2S/c29-26-9-5-4-8-21(26)14-28(33)31-23-11-10-22(18-34-25-16-30-32(17-25)24-12-13-24)27(15-23)35-19-20-6-2-1-3-7-20/h1-11,15-17,24H,12-14,18-19H2,(H,31,33). The molecule has 0 radical (unpaired) electrons. The van der Waals surface area contributed by atoms with Gasteiger partial charge in [0.25, 0.3) is 0 Å². The highest BCUT2D eigenvalue weighted by molar-refractivity contribution is 7.98. The third kappa shape index (κ3) is 6.47. The van der Waals surface area contributed by atoms with E-state index in [9.17, 15) is 4.79 Å². The van der Waals surface area contributed by atoms with E-state index in [1.165, 1.54) is 18.4 Å². The molecule has 1 saturated carbocycles. The number of hydrogen-bond donors (Lipinski definition) is 1. The lowest BCUT2D eigenvalue weighted by atomic mass is 10.1. The van der Waals surface area contributed by atoms with Crippen LogP contribution < -0.4 is 10.1 Å². The SMILES string of the molecule is O=C(Cc1ccccc1Cl)Nc1ccc(COc2cnn(C3CC3)c2)c(SCc2ccccc2)c1. The Bertz CT molecular complexity index is 1300. The predicted molar refractivity (Wildman–Crippen MR) is 141 cm³/mol. The van der Waals surface area contributed by atoms with Crippen LogP contribution in [0, 0.1) is 0 Å². The summed E-state index contributed by atoms with van der Waals surface area (Å²) in [4.78, 5) is 13.7. The summed E-state index contributed by atoms with van der Waals surface area (Å²) in [5.41, 5.74) is 3.86. The van der Waals surface area contributed by atoms with Crippen LogP contribution in [0.2, 0.25) is 5.02 Å². The molecule has 7 heteroatoms. The van der Waals surface area contributed by atoms with E-state index in [4.69, 9.17) is 16.3 Å². The van der Waals surface area contributed by atoms with Crippen molar-refractivity contribution in [3.05, 3.63) is 107 Å². The van der Waals surface area contributed by atoms with Gasteiger partial charge in [0.1, 0.15) is 6.61 Å². The number of halogens is 1. The highest BCUT2D eigenvalue weighted by Crippen LogP contribution is 2.35. The van der Waals surface area contributed by atoms with E-state index in [2.05, 4.69) is 22.5 Å². The van der Waals surface area contributed by atoms with E-state index in [1.54, 1.807) is 24.0 Å². The second-order valence-corrected chi connectivity index (χ2v) is 10.0. The average molecular weight is 504 g/mol. The monoisotopic (exact) mass is 503 g/mol. The molecule has 0 saturated heterocycles. The minimum atomic E-state index is -0.103. The van der Waals surface area contributed by atoms with Gasteiger partial charge < -0.3 is 10.1 Å². The Kier molecular flexibility index (Phi) is 7.40. The first-order chi connectivity index (χ1) is 17.1. The summed E-state index contributed by atoms with van der Waals surface area (Å²) < 4.78 is 8.04. The Hall–Kier alpha value is -3.22. The van der Waals surface area contributed by atoms with E-state index in [0.717, 1.165) is 33.2 Å². The van der Waals surface area contributed by atoms with Crippen LogP contribution in [0.5, 0.6) is 5.75 Å². The van der Waals surface area contributed by atoms with Crippen LogP contribution in [0.15, 0.2) is 90.1 Å². The first-order valence-corrected chi connectivity index (χ1v) is 13.0. The van der Waals surface area contributed by atoms with Crippen molar-refractivity contribution in [1.29, 1.82) is 0 Å². The molecule has 0 bridgehead atoms. The topological polar surface area (TPSA) is 56.1 Å². The van der Waals surface area contributed by atoms with Crippen molar-refractivity contribution in [3.63, 3.8) is 0 Å². The van der Waals surface area contributed by atoms with Crippen molar-refractivity contribution in [2.75, 3.05) is 5.32 Å². The Morgan fingerprint density at radius 3 is 2.66 bits per heavy atom. The number of anilines is 1. The van der Waals surface area contributed by atoms with E-state index in [1.807, 2.05) is 65.5 Å². The van der Waals surface area contributed by atoms with Crippen molar-refractivity contribution >= 4 is 35.0 Å². The van der Waals surface area contributed by atoms with Crippen LogP contribution >= 0.6 is 23.4 Å². The van der Waals surface area contributed by atoms with Crippen molar-refractivity contribution in [2.45, 2.75) is 42.6 Å². The van der Waals surface area contributed by atoms with Gasteiger partial charge in [-0.3, -0.25) is 9.48 Å². The molecule has 1 heterocycles. The lowest BCUT2D eigenvalue weighted by molar-refractivity contribution is -0.115. The first-order valence-electron chi connectivity index (χ1n) is 11.6. The zero-order valence-corrected chi connectivity index (χ0v) is 20.8. The Morgan fingerprint density at radius 1 is 1.06 bits per heavy atom. The fourth-order valence-corrected chi connectivity index (χ4v) is 4.98. The molecular weight excluding hydrogens is 478 g/mol. The summed E-state index contributed by atoms with van der Waals surface area (Å²) in [7, 11) is 0. The number of benzene rings is 3. The van der Waals surface area contributed by atoms with Crippen molar-refractivity contribution in [2.24, 2.45) is 0 Å². The highest BCUT2D eigenvalue weighted by Gasteiger charge is 2.24. The van der Waals surface area contributed by atoms with Gasteiger partial charge in [-0.15, -0.1) is 11.8 Å². The summed E-state index contributed by atoms with van der Waals surface area (Å²) >= 11 is 7.95. The number of amides is 1. The molecule has 5 nitrogen and oxygen atoms in total. The van der Waals surface area contributed by atoms with Crippen molar-refractivity contribution in [3.8, 4) is 5.75 Å². The first kappa shape index (κ1) is 23.5. The number of ether oxygens (including phenoxy) is 1. The Labute approximate surface area is 214 Å². The molecule has 1 fully saturated rings. The third-order valence-corrected chi connectivity index (χ3v) is 7.33. The maximum absolute atomic E-state index is 12.7. The van der Waals surface area contributed by atoms with Crippen LogP contribution in [0.25, 0.3) is 0 Å². The molecule has 1 aliphatic rings. The van der Waals surface area contributed by atoms with E-state index < -0.39 is 0 Å². The molecule has 178 valence electrons. The van der Waals surface area contributed by atoms with Crippen LogP contribution in [-0.4, -0.2) is 15.7 Å². The summed E-state index contributed by atoms with van der Waals surface area (Å²) in [6.45, 7) is 0.432. The van der Waals surface area contributed by atoms with Crippen molar-refractivity contribution in [1.82, 2.24) is 9.78 Å². The van der Waals surface area contributed by atoms with Gasteiger partial charge in [0.2, 0.25) is 5.91 Å². The van der Waals surface area contributed by atoms with Gasteiger partial charge in [-0.05, 0) is 42.2 Å². The van der Waals surface area contributed by atoms with Gasteiger partial charge >= 0.3 is 0 Å². The molecule has 5 rings (SSSR count). The summed E-state index contributed by atoms with van der Waals surface area (Å²) in [6.07, 6.45) is 6.34. The number of nitrogens with one attached hydrogen (secondary N) is 1. The third-order valence-electron chi connectivity index (χ3n) is 5.79. The van der Waals surface area contributed by atoms with E-state index in [-0.39, 0.29) is 12.3 Å². The number of aromatic nitrogens is 2. The van der Waals surface area contributed by atoms with E-state index in [0.29, 0.717) is 17.7 Å². The predicted octanol–water partition coefficient (Wildman–Crippen LogP) is 6.92. The Balaban J connectivity index is 1.29. The van der Waals surface area contributed by atoms with Crippen LogP contribution in [0.1, 0.15) is 35.6 Å². The number of carbonyl (C=O) groups is 1. The second kappa shape index (κ2) is 11.0. The lowest BCUT2D eigenvalue weighted by Gasteiger charge is -2.13. The fraction of sp³-hybridized carbons (Fsp3) is 0.214. The Morgan fingerprint density at radius 2 is 1.86 bits per heavy atom. The summed E-state index contributed by atoms with van der Waals surface area (Å²) in [5, 5.41) is 8.02. The molecule has 1 N–H and O–H groups in total. The molecule has 0 spiro atoms. The number of carbonyl (C=O) groups excluding carboxylic acids is 1. The van der Waals surface area contributed by atoms with Gasteiger partial charge in [0.05, 0.1) is 24.9 Å². The average Bonchev–Trinajstić information content (AvgIpc) is 3.62. The molecule has 35 heavy (non-hydrogen) atoms. The largest absolute Gasteiger partial charge is 0.486 e. The smallest absolute Gasteiger partial charge is 0.228 e. The summed E-state index contributed by atoms with van der Waals surface area (Å²) in [6, 6.07) is 24.2. The molecule has 1 amide bonds. The second-order valence-electron chi connectivity index (χ2n) is 8.59. The minimum Gasteiger partial charge on any atom is -0.486 e. The molecule has 0 atom stereocenters. The zero-order valence-electron chi connectivity index (χ0n) is 19.2. The number of nitrogens with zero attached hydrogens (tertiary/aromatic N) is 2. The van der Waals surface area contributed by atoms with E-state index >= 15 is 0 Å². The fourth-order valence-electron chi connectivity index (χ4n) is 3.74. The number of hydrogen-bond acceptors (Lipinski definition) is 4.